The minimum Gasteiger partial charge on any atom is -0.494 e. The van der Waals surface area contributed by atoms with E-state index in [9.17, 15) is 27.6 Å². The minimum absolute atomic E-state index is 0.0283. The van der Waals surface area contributed by atoms with Gasteiger partial charge in [0.05, 0.1) is 17.7 Å². The van der Waals surface area contributed by atoms with Gasteiger partial charge < -0.3 is 19.3 Å². The molecule has 190 valence electrons. The molecule has 0 spiro atoms. The van der Waals surface area contributed by atoms with Gasteiger partial charge in [0.25, 0.3) is 6.10 Å². The number of aliphatic carboxylic acids is 1. The highest BCUT2D eigenvalue weighted by atomic mass is 19.4. The van der Waals surface area contributed by atoms with E-state index in [4.69, 9.17) is 14.6 Å². The molecule has 0 amide bonds. The lowest BCUT2D eigenvalue weighted by atomic mass is 10.1. The third kappa shape index (κ3) is 9.30. The summed E-state index contributed by atoms with van der Waals surface area (Å²) in [7, 11) is 0. The Morgan fingerprint density at radius 3 is 1.86 bits per heavy atom. The maximum Gasteiger partial charge on any atom is 0.436 e. The molecule has 0 saturated carbocycles. The number of carbonyl (C=O) groups is 3. The monoisotopic (exact) mass is 496 g/mol. The Bertz CT molecular complexity index is 970. The van der Waals surface area contributed by atoms with Crippen molar-refractivity contribution in [2.75, 3.05) is 6.61 Å². The second kappa shape index (κ2) is 13.4. The van der Waals surface area contributed by atoms with Crippen LogP contribution in [-0.2, 0) is 9.53 Å². The number of rotatable bonds is 13. The fraction of sp³-hybridized carbons (Fsp3) is 0.400. The van der Waals surface area contributed by atoms with Crippen LogP contribution in [-0.4, -0.2) is 41.9 Å². The van der Waals surface area contributed by atoms with Crippen LogP contribution in [0, 0.1) is 0 Å². The predicted octanol–water partition coefficient (Wildman–Crippen LogP) is 5.82. The summed E-state index contributed by atoms with van der Waals surface area (Å²) in [5.41, 5.74) is -0.0953. The second-order valence-corrected chi connectivity index (χ2v) is 7.72. The van der Waals surface area contributed by atoms with Gasteiger partial charge in [0, 0.05) is 0 Å². The highest BCUT2D eigenvalue weighted by Gasteiger charge is 2.48. The third-order valence-electron chi connectivity index (χ3n) is 4.90. The highest BCUT2D eigenvalue weighted by Crippen LogP contribution is 2.25. The number of ether oxygens (including phenoxy) is 3. The summed E-state index contributed by atoms with van der Waals surface area (Å²) in [5, 5.41) is 8.60. The van der Waals surface area contributed by atoms with Crippen molar-refractivity contribution in [3.05, 3.63) is 59.7 Å². The maximum absolute atomic E-state index is 12.6. The van der Waals surface area contributed by atoms with Gasteiger partial charge in [-0.2, -0.15) is 13.2 Å². The first-order valence-electron chi connectivity index (χ1n) is 11.2. The van der Waals surface area contributed by atoms with Crippen LogP contribution in [0.5, 0.6) is 11.5 Å². The van der Waals surface area contributed by atoms with E-state index in [1.165, 1.54) is 49.9 Å². The van der Waals surface area contributed by atoms with E-state index in [2.05, 4.69) is 11.7 Å². The number of carboxylic acids is 1. The second-order valence-electron chi connectivity index (χ2n) is 7.72. The van der Waals surface area contributed by atoms with Gasteiger partial charge in [-0.05, 0) is 55.0 Å². The summed E-state index contributed by atoms with van der Waals surface area (Å²) in [5.74, 6) is -3.86. The van der Waals surface area contributed by atoms with Crippen LogP contribution in [0.15, 0.2) is 48.5 Å². The summed E-state index contributed by atoms with van der Waals surface area (Å²) in [6, 6.07) is 10.8. The molecule has 0 heterocycles. The number of halogens is 3. The van der Waals surface area contributed by atoms with Crippen LogP contribution in [0.1, 0.15) is 66.2 Å². The van der Waals surface area contributed by atoms with Gasteiger partial charge in [-0.15, -0.1) is 0 Å². The van der Waals surface area contributed by atoms with Crippen LogP contribution >= 0.6 is 0 Å². The molecule has 2 aromatic rings. The van der Waals surface area contributed by atoms with Gasteiger partial charge in [0.2, 0.25) is 0 Å². The third-order valence-corrected chi connectivity index (χ3v) is 4.90. The lowest BCUT2D eigenvalue weighted by Crippen LogP contribution is -2.40. The summed E-state index contributed by atoms with van der Waals surface area (Å²) in [6.07, 6.45) is -1.65. The normalized spacial score (nSPS) is 12.0. The van der Waals surface area contributed by atoms with E-state index < -0.39 is 30.2 Å². The van der Waals surface area contributed by atoms with Crippen molar-refractivity contribution in [2.45, 2.75) is 57.7 Å². The van der Waals surface area contributed by atoms with Crippen molar-refractivity contribution in [1.82, 2.24) is 0 Å². The van der Waals surface area contributed by atoms with Crippen LogP contribution in [0.4, 0.5) is 13.2 Å². The fourth-order valence-corrected chi connectivity index (χ4v) is 3.02. The van der Waals surface area contributed by atoms with E-state index >= 15 is 0 Å². The molecular weight excluding hydrogens is 469 g/mol. The smallest absolute Gasteiger partial charge is 0.436 e. The molecule has 2 aromatic carbocycles. The van der Waals surface area contributed by atoms with Gasteiger partial charge >= 0.3 is 24.1 Å². The van der Waals surface area contributed by atoms with Crippen molar-refractivity contribution in [2.24, 2.45) is 0 Å². The molecule has 1 N–H and O–H groups in total. The van der Waals surface area contributed by atoms with Crippen LogP contribution in [0.2, 0.25) is 0 Å². The van der Waals surface area contributed by atoms with Gasteiger partial charge in [-0.1, -0.05) is 39.0 Å². The maximum atomic E-state index is 12.6. The van der Waals surface area contributed by atoms with Crippen molar-refractivity contribution >= 4 is 17.9 Å². The zero-order valence-electron chi connectivity index (χ0n) is 19.2. The van der Waals surface area contributed by atoms with Crippen molar-refractivity contribution in [3.8, 4) is 11.5 Å². The lowest BCUT2D eigenvalue weighted by molar-refractivity contribution is -0.214. The number of benzene rings is 2. The number of esters is 2. The molecule has 0 radical (unpaired) electrons. The number of hydrogen-bond donors (Lipinski definition) is 1. The van der Waals surface area contributed by atoms with Gasteiger partial charge in [-0.3, -0.25) is 0 Å². The molecule has 0 fully saturated rings. The Balaban J connectivity index is 1.85. The molecule has 35 heavy (non-hydrogen) atoms. The average Bonchev–Trinajstić information content (AvgIpc) is 2.81. The number of carbonyl (C=O) groups excluding carboxylic acids is 2. The Morgan fingerprint density at radius 1 is 0.800 bits per heavy atom. The summed E-state index contributed by atoms with van der Waals surface area (Å²) >= 11 is 0. The quantitative estimate of drug-likeness (QED) is 0.212. The zero-order chi connectivity index (χ0) is 25.8. The summed E-state index contributed by atoms with van der Waals surface area (Å²) in [6.45, 7) is 2.75. The molecule has 7 nitrogen and oxygen atoms in total. The zero-order valence-corrected chi connectivity index (χ0v) is 19.2. The van der Waals surface area contributed by atoms with E-state index in [0.29, 0.717) is 12.4 Å². The summed E-state index contributed by atoms with van der Waals surface area (Å²) < 4.78 is 52.8. The molecule has 0 bridgehead atoms. The molecular formula is C25H27F3O7. The molecule has 10 heteroatoms. The standard InChI is InChI=1S/C25H27F3O7/c1-2-3-4-5-6-7-16-33-19-12-8-17(9-13-19)23(31)34-20-14-10-18(11-15-20)24(32)35-21(22(29)30)25(26,27)28/h8-15,21H,2-7,16H2,1H3,(H,29,30). The summed E-state index contributed by atoms with van der Waals surface area (Å²) in [4.78, 5) is 34.8. The van der Waals surface area contributed by atoms with Gasteiger partial charge in [0.1, 0.15) is 11.5 Å². The van der Waals surface area contributed by atoms with Crippen LogP contribution in [0.3, 0.4) is 0 Å². The predicted molar refractivity (Wildman–Crippen MR) is 120 cm³/mol. The Labute approximate surface area is 200 Å². The first-order valence-corrected chi connectivity index (χ1v) is 11.2. The Hall–Kier alpha value is -3.56. The topological polar surface area (TPSA) is 99.1 Å². The van der Waals surface area contributed by atoms with Crippen molar-refractivity contribution in [1.29, 1.82) is 0 Å². The molecule has 1 atom stereocenters. The SMILES string of the molecule is CCCCCCCCOc1ccc(C(=O)Oc2ccc(C(=O)OC(C(=O)O)C(F)(F)F)cc2)cc1. The molecule has 0 aliphatic heterocycles. The molecule has 0 aliphatic carbocycles. The molecule has 0 aromatic heterocycles. The van der Waals surface area contributed by atoms with Gasteiger partial charge in [-0.25, -0.2) is 14.4 Å². The van der Waals surface area contributed by atoms with E-state index in [0.717, 1.165) is 25.0 Å². The molecule has 1 unspecified atom stereocenters. The van der Waals surface area contributed by atoms with E-state index in [1.54, 1.807) is 12.1 Å². The largest absolute Gasteiger partial charge is 0.494 e. The number of alkyl halides is 3. The van der Waals surface area contributed by atoms with E-state index in [1.807, 2.05) is 0 Å². The number of unbranched alkanes of at least 4 members (excludes halogenated alkanes) is 5. The van der Waals surface area contributed by atoms with Crippen molar-refractivity contribution in [3.63, 3.8) is 0 Å². The molecule has 0 aliphatic rings. The average molecular weight is 496 g/mol. The highest BCUT2D eigenvalue weighted by molar-refractivity contribution is 5.93. The van der Waals surface area contributed by atoms with Crippen molar-refractivity contribution < 1.29 is 46.9 Å². The fourth-order valence-electron chi connectivity index (χ4n) is 3.02. The van der Waals surface area contributed by atoms with Crippen LogP contribution < -0.4 is 9.47 Å². The Kier molecular flexibility index (Phi) is 10.6. The molecule has 0 saturated heterocycles. The minimum atomic E-state index is -5.26. The van der Waals surface area contributed by atoms with E-state index in [-0.39, 0.29) is 16.9 Å². The number of carboxylic acid groups (broad SMARTS) is 1. The molecule has 2 rings (SSSR count). The Morgan fingerprint density at radius 2 is 1.31 bits per heavy atom. The first-order chi connectivity index (χ1) is 16.6. The number of hydrogen-bond acceptors (Lipinski definition) is 6. The first kappa shape index (κ1) is 27.7. The van der Waals surface area contributed by atoms with Crippen LogP contribution in [0.25, 0.3) is 0 Å². The lowest BCUT2D eigenvalue weighted by Gasteiger charge is -2.16. The van der Waals surface area contributed by atoms with Gasteiger partial charge in [0.15, 0.2) is 0 Å².